The van der Waals surface area contributed by atoms with Gasteiger partial charge in [0.05, 0.1) is 0 Å². The molecule has 2 aromatic carbocycles. The Morgan fingerprint density at radius 2 is 1.90 bits per heavy atom. The number of rotatable bonds is 6. The molecular weight excluding hydrogens is 266 g/mol. The van der Waals surface area contributed by atoms with Gasteiger partial charge in [-0.15, -0.1) is 0 Å². The van der Waals surface area contributed by atoms with Gasteiger partial charge in [0.2, 0.25) is 0 Å². The van der Waals surface area contributed by atoms with E-state index in [1.54, 1.807) is 0 Å². The molecule has 2 rings (SSSR count). The first kappa shape index (κ1) is 15.1. The van der Waals surface area contributed by atoms with E-state index in [-0.39, 0.29) is 0 Å². The average molecular weight is 288 g/mol. The van der Waals surface area contributed by atoms with E-state index in [1.807, 2.05) is 18.2 Å². The normalized spacial score (nSPS) is 12.3. The molecule has 0 aliphatic carbocycles. The molecule has 0 amide bonds. The zero-order valence-corrected chi connectivity index (χ0v) is 13.0. The molecule has 0 aliphatic heterocycles. The second-order valence-electron chi connectivity index (χ2n) is 5.37. The van der Waals surface area contributed by atoms with E-state index in [4.69, 9.17) is 11.6 Å². The summed E-state index contributed by atoms with van der Waals surface area (Å²) in [6.07, 6.45) is 2.08. The molecule has 1 unspecified atom stereocenters. The predicted octanol–water partition coefficient (Wildman–Crippen LogP) is 4.41. The minimum absolute atomic E-state index is 0.482. The van der Waals surface area contributed by atoms with Crippen LogP contribution in [0.15, 0.2) is 48.5 Å². The molecule has 0 bridgehead atoms. The summed E-state index contributed by atoms with van der Waals surface area (Å²) in [6.45, 7) is 5.39. The maximum atomic E-state index is 5.99. The third kappa shape index (κ3) is 4.66. The third-order valence-electron chi connectivity index (χ3n) is 3.58. The highest BCUT2D eigenvalue weighted by molar-refractivity contribution is 6.30. The zero-order valence-electron chi connectivity index (χ0n) is 12.2. The summed E-state index contributed by atoms with van der Waals surface area (Å²) in [6, 6.07) is 17.2. The maximum Gasteiger partial charge on any atom is 0.0408 e. The van der Waals surface area contributed by atoms with Crippen molar-refractivity contribution < 1.29 is 0 Å². The number of aryl methyl sites for hydroxylation is 1. The number of benzene rings is 2. The molecule has 0 aliphatic rings. The van der Waals surface area contributed by atoms with Crippen LogP contribution in [-0.2, 0) is 12.8 Å². The Hall–Kier alpha value is -1.31. The van der Waals surface area contributed by atoms with Crippen molar-refractivity contribution in [1.29, 1.82) is 0 Å². The largest absolute Gasteiger partial charge is 0.314 e. The van der Waals surface area contributed by atoms with Crippen LogP contribution in [0.25, 0.3) is 0 Å². The number of halogens is 1. The Labute approximate surface area is 127 Å². The molecule has 0 heterocycles. The topological polar surface area (TPSA) is 12.0 Å². The summed E-state index contributed by atoms with van der Waals surface area (Å²) in [5.41, 5.74) is 4.08. The van der Waals surface area contributed by atoms with E-state index in [1.165, 1.54) is 16.7 Å². The van der Waals surface area contributed by atoms with Crippen molar-refractivity contribution >= 4 is 11.6 Å². The molecule has 1 atom stereocenters. The zero-order chi connectivity index (χ0) is 14.4. The molecule has 0 saturated heterocycles. The van der Waals surface area contributed by atoms with Gasteiger partial charge < -0.3 is 5.32 Å². The Kier molecular flexibility index (Phi) is 5.63. The second kappa shape index (κ2) is 7.47. The molecule has 2 heteroatoms. The molecule has 0 saturated carbocycles. The molecule has 20 heavy (non-hydrogen) atoms. The van der Waals surface area contributed by atoms with Crippen LogP contribution in [0.1, 0.15) is 23.6 Å². The van der Waals surface area contributed by atoms with Crippen molar-refractivity contribution in [3.8, 4) is 0 Å². The van der Waals surface area contributed by atoms with Crippen LogP contribution < -0.4 is 5.32 Å². The molecule has 106 valence electrons. The van der Waals surface area contributed by atoms with Crippen molar-refractivity contribution in [2.75, 3.05) is 6.54 Å². The molecule has 1 nitrogen and oxygen atoms in total. The standard InChI is InChI=1S/C18H22ClN/c1-14-6-3-4-8-17(14)12-15(2)20-11-10-16-7-5-9-18(19)13-16/h3-9,13,15,20H,10-12H2,1-2H3. The first-order valence-electron chi connectivity index (χ1n) is 7.17. The summed E-state index contributed by atoms with van der Waals surface area (Å²) >= 11 is 5.99. The van der Waals surface area contributed by atoms with Gasteiger partial charge in [0.1, 0.15) is 0 Å². The fourth-order valence-electron chi connectivity index (χ4n) is 2.40. The van der Waals surface area contributed by atoms with Crippen LogP contribution in [0.4, 0.5) is 0 Å². The van der Waals surface area contributed by atoms with E-state index in [0.29, 0.717) is 6.04 Å². The van der Waals surface area contributed by atoms with Gasteiger partial charge in [0, 0.05) is 11.1 Å². The van der Waals surface area contributed by atoms with Crippen LogP contribution in [-0.4, -0.2) is 12.6 Å². The van der Waals surface area contributed by atoms with E-state index < -0.39 is 0 Å². The lowest BCUT2D eigenvalue weighted by molar-refractivity contribution is 0.547. The SMILES string of the molecule is Cc1ccccc1CC(C)NCCc1cccc(Cl)c1. The Morgan fingerprint density at radius 1 is 1.10 bits per heavy atom. The number of nitrogens with one attached hydrogen (secondary N) is 1. The van der Waals surface area contributed by atoms with Gasteiger partial charge in [0.25, 0.3) is 0 Å². The quantitative estimate of drug-likeness (QED) is 0.830. The third-order valence-corrected chi connectivity index (χ3v) is 3.82. The molecule has 0 fully saturated rings. The number of hydrogen-bond acceptors (Lipinski definition) is 1. The van der Waals surface area contributed by atoms with E-state index >= 15 is 0 Å². The van der Waals surface area contributed by atoms with Gasteiger partial charge in [-0.05, 0) is 62.1 Å². The Morgan fingerprint density at radius 3 is 2.65 bits per heavy atom. The van der Waals surface area contributed by atoms with Gasteiger partial charge in [-0.2, -0.15) is 0 Å². The smallest absolute Gasteiger partial charge is 0.0408 e. The first-order valence-corrected chi connectivity index (χ1v) is 7.55. The molecule has 1 N–H and O–H groups in total. The van der Waals surface area contributed by atoms with E-state index in [0.717, 1.165) is 24.4 Å². The van der Waals surface area contributed by atoms with Gasteiger partial charge in [0.15, 0.2) is 0 Å². The minimum Gasteiger partial charge on any atom is -0.314 e. The van der Waals surface area contributed by atoms with Crippen molar-refractivity contribution in [3.05, 3.63) is 70.2 Å². The summed E-state index contributed by atoms with van der Waals surface area (Å²) in [4.78, 5) is 0. The van der Waals surface area contributed by atoms with Gasteiger partial charge in [-0.3, -0.25) is 0 Å². The predicted molar refractivity (Wildman–Crippen MR) is 87.5 cm³/mol. The minimum atomic E-state index is 0.482. The average Bonchev–Trinajstić information content (AvgIpc) is 2.41. The molecule has 0 spiro atoms. The Balaban J connectivity index is 1.78. The van der Waals surface area contributed by atoms with Crippen LogP contribution >= 0.6 is 11.6 Å². The van der Waals surface area contributed by atoms with Crippen molar-refractivity contribution in [3.63, 3.8) is 0 Å². The van der Waals surface area contributed by atoms with Crippen molar-refractivity contribution in [2.45, 2.75) is 32.7 Å². The van der Waals surface area contributed by atoms with Crippen LogP contribution in [0.3, 0.4) is 0 Å². The van der Waals surface area contributed by atoms with Gasteiger partial charge in [-0.25, -0.2) is 0 Å². The van der Waals surface area contributed by atoms with Crippen LogP contribution in [0.5, 0.6) is 0 Å². The number of hydrogen-bond donors (Lipinski definition) is 1. The van der Waals surface area contributed by atoms with E-state index in [9.17, 15) is 0 Å². The van der Waals surface area contributed by atoms with E-state index in [2.05, 4.69) is 49.5 Å². The van der Waals surface area contributed by atoms with Crippen LogP contribution in [0, 0.1) is 6.92 Å². The molecular formula is C18H22ClN. The fraction of sp³-hybridized carbons (Fsp3) is 0.333. The highest BCUT2D eigenvalue weighted by Gasteiger charge is 2.05. The van der Waals surface area contributed by atoms with Crippen molar-refractivity contribution in [1.82, 2.24) is 5.32 Å². The lowest BCUT2D eigenvalue weighted by Crippen LogP contribution is -2.30. The second-order valence-corrected chi connectivity index (χ2v) is 5.80. The summed E-state index contributed by atoms with van der Waals surface area (Å²) < 4.78 is 0. The summed E-state index contributed by atoms with van der Waals surface area (Å²) in [5, 5.41) is 4.40. The lowest BCUT2D eigenvalue weighted by atomic mass is 10.0. The van der Waals surface area contributed by atoms with Gasteiger partial charge >= 0.3 is 0 Å². The molecule has 2 aromatic rings. The van der Waals surface area contributed by atoms with Crippen molar-refractivity contribution in [2.24, 2.45) is 0 Å². The molecule has 0 radical (unpaired) electrons. The Bertz CT molecular complexity index is 551. The summed E-state index contributed by atoms with van der Waals surface area (Å²) in [5.74, 6) is 0. The summed E-state index contributed by atoms with van der Waals surface area (Å²) in [7, 11) is 0. The molecule has 0 aromatic heterocycles. The first-order chi connectivity index (χ1) is 9.65. The highest BCUT2D eigenvalue weighted by atomic mass is 35.5. The monoisotopic (exact) mass is 287 g/mol. The highest BCUT2D eigenvalue weighted by Crippen LogP contribution is 2.12. The maximum absolute atomic E-state index is 5.99. The van der Waals surface area contributed by atoms with Gasteiger partial charge in [-0.1, -0.05) is 48.0 Å². The van der Waals surface area contributed by atoms with Crippen LogP contribution in [0.2, 0.25) is 5.02 Å². The fourth-order valence-corrected chi connectivity index (χ4v) is 2.61. The lowest BCUT2D eigenvalue weighted by Gasteiger charge is -2.15.